The zero-order valence-corrected chi connectivity index (χ0v) is 19.9. The van der Waals surface area contributed by atoms with Gasteiger partial charge in [-0.25, -0.2) is 8.42 Å². The molecule has 180 valence electrons. The van der Waals surface area contributed by atoms with E-state index in [-0.39, 0.29) is 23.3 Å². The smallest absolute Gasteiger partial charge is 0.264 e. The SMILES string of the molecule is Cc1ccc(S(=O)(=O)N2C=CNC(=O)[C@H]2CC(=O)NC2CCN(Cc3ccncc3)CC2)cc1. The van der Waals surface area contributed by atoms with E-state index in [4.69, 9.17) is 0 Å². The minimum atomic E-state index is -3.98. The summed E-state index contributed by atoms with van der Waals surface area (Å²) in [6.07, 6.45) is 7.46. The van der Waals surface area contributed by atoms with E-state index in [0.29, 0.717) is 0 Å². The van der Waals surface area contributed by atoms with Gasteiger partial charge in [0.1, 0.15) is 6.04 Å². The molecule has 0 aliphatic carbocycles. The number of benzene rings is 1. The summed E-state index contributed by atoms with van der Waals surface area (Å²) in [5, 5.41) is 5.51. The topological polar surface area (TPSA) is 112 Å². The van der Waals surface area contributed by atoms with Crippen molar-refractivity contribution in [3.05, 3.63) is 72.3 Å². The summed E-state index contributed by atoms with van der Waals surface area (Å²) in [5.41, 5.74) is 2.12. The highest BCUT2D eigenvalue weighted by Crippen LogP contribution is 2.23. The van der Waals surface area contributed by atoms with Crippen LogP contribution in [0.1, 0.15) is 30.4 Å². The number of aromatic nitrogens is 1. The number of rotatable bonds is 7. The molecule has 1 fully saturated rings. The largest absolute Gasteiger partial charge is 0.353 e. The number of carbonyl (C=O) groups excluding carboxylic acids is 2. The summed E-state index contributed by atoms with van der Waals surface area (Å²) < 4.78 is 27.3. The fourth-order valence-electron chi connectivity index (χ4n) is 4.21. The zero-order valence-electron chi connectivity index (χ0n) is 19.1. The van der Waals surface area contributed by atoms with E-state index in [1.165, 1.54) is 30.1 Å². The van der Waals surface area contributed by atoms with Crippen LogP contribution < -0.4 is 10.6 Å². The third-order valence-corrected chi connectivity index (χ3v) is 7.94. The van der Waals surface area contributed by atoms with Gasteiger partial charge in [0.25, 0.3) is 10.0 Å². The Morgan fingerprint density at radius 1 is 1.12 bits per heavy atom. The van der Waals surface area contributed by atoms with Crippen molar-refractivity contribution in [2.24, 2.45) is 0 Å². The lowest BCUT2D eigenvalue weighted by Crippen LogP contribution is -2.52. The molecule has 4 rings (SSSR count). The lowest BCUT2D eigenvalue weighted by Gasteiger charge is -2.34. The second-order valence-corrected chi connectivity index (χ2v) is 10.5. The van der Waals surface area contributed by atoms with Gasteiger partial charge in [0, 0.05) is 50.5 Å². The summed E-state index contributed by atoms with van der Waals surface area (Å²) in [6.45, 7) is 4.38. The number of nitrogens with one attached hydrogen (secondary N) is 2. The first-order chi connectivity index (χ1) is 16.3. The van der Waals surface area contributed by atoms with Gasteiger partial charge in [0.05, 0.1) is 11.3 Å². The molecule has 0 unspecified atom stereocenters. The van der Waals surface area contributed by atoms with Gasteiger partial charge >= 0.3 is 0 Å². The molecule has 2 aliphatic rings. The second-order valence-electron chi connectivity index (χ2n) is 8.67. The Kier molecular flexibility index (Phi) is 7.28. The van der Waals surface area contributed by atoms with Crippen LogP contribution in [0.25, 0.3) is 0 Å². The van der Waals surface area contributed by atoms with Gasteiger partial charge in [-0.05, 0) is 49.6 Å². The fraction of sp³-hybridized carbons (Fsp3) is 0.375. The first kappa shape index (κ1) is 23.9. The normalized spacial score (nSPS) is 19.6. The standard InChI is InChI=1S/C24H29N5O4S/c1-18-2-4-21(5-3-18)34(32,33)29-15-12-26-24(31)22(29)16-23(30)27-20-8-13-28(14-9-20)17-19-6-10-25-11-7-19/h2-7,10-12,15,20,22H,8-9,13-14,16-17H2,1H3,(H,26,31)(H,27,30)/t22-/m1/s1. The Bertz CT molecular complexity index is 1140. The number of carbonyl (C=O) groups is 2. The van der Waals surface area contributed by atoms with Crippen LogP contribution in [-0.2, 0) is 26.2 Å². The molecule has 0 saturated carbocycles. The maximum Gasteiger partial charge on any atom is 0.264 e. The van der Waals surface area contributed by atoms with Crippen LogP contribution in [0.4, 0.5) is 0 Å². The Hall–Kier alpha value is -3.24. The Balaban J connectivity index is 1.35. The summed E-state index contributed by atoms with van der Waals surface area (Å²) in [4.78, 5) is 31.8. The molecule has 0 bridgehead atoms. The molecule has 34 heavy (non-hydrogen) atoms. The van der Waals surface area contributed by atoms with Gasteiger partial charge in [0.2, 0.25) is 11.8 Å². The molecule has 10 heteroatoms. The van der Waals surface area contributed by atoms with Crippen LogP contribution >= 0.6 is 0 Å². The van der Waals surface area contributed by atoms with Gasteiger partial charge in [0.15, 0.2) is 0 Å². The molecule has 2 aliphatic heterocycles. The number of aryl methyl sites for hydroxylation is 1. The van der Waals surface area contributed by atoms with Gasteiger partial charge in [-0.15, -0.1) is 0 Å². The molecule has 0 radical (unpaired) electrons. The number of hydrogen-bond acceptors (Lipinski definition) is 6. The molecule has 1 saturated heterocycles. The minimum absolute atomic E-state index is 0.00876. The van der Waals surface area contributed by atoms with Crippen molar-refractivity contribution in [1.82, 2.24) is 24.8 Å². The molecular weight excluding hydrogens is 454 g/mol. The average molecular weight is 484 g/mol. The lowest BCUT2D eigenvalue weighted by atomic mass is 10.0. The molecule has 1 aromatic heterocycles. The van der Waals surface area contributed by atoms with Crippen molar-refractivity contribution in [2.75, 3.05) is 13.1 Å². The third kappa shape index (κ3) is 5.63. The number of amides is 2. The van der Waals surface area contributed by atoms with Crippen LogP contribution in [0.15, 0.2) is 66.1 Å². The van der Waals surface area contributed by atoms with Crippen LogP contribution in [0.5, 0.6) is 0 Å². The number of pyridine rings is 1. The molecule has 2 aromatic rings. The highest BCUT2D eigenvalue weighted by molar-refractivity contribution is 7.89. The zero-order chi connectivity index (χ0) is 24.1. The van der Waals surface area contributed by atoms with Crippen molar-refractivity contribution in [2.45, 2.75) is 49.7 Å². The molecule has 3 heterocycles. The predicted octanol–water partition coefficient (Wildman–Crippen LogP) is 1.52. The van der Waals surface area contributed by atoms with Crippen LogP contribution in [0.2, 0.25) is 0 Å². The summed E-state index contributed by atoms with van der Waals surface area (Å²) in [5.74, 6) is -0.868. The van der Waals surface area contributed by atoms with Gasteiger partial charge in [-0.2, -0.15) is 0 Å². The van der Waals surface area contributed by atoms with Crippen LogP contribution in [0, 0.1) is 6.92 Å². The molecule has 1 aromatic carbocycles. The van der Waals surface area contributed by atoms with E-state index in [2.05, 4.69) is 20.5 Å². The maximum absolute atomic E-state index is 13.2. The second kappa shape index (κ2) is 10.4. The minimum Gasteiger partial charge on any atom is -0.353 e. The quantitative estimate of drug-likeness (QED) is 0.618. The molecule has 2 N–H and O–H groups in total. The first-order valence-corrected chi connectivity index (χ1v) is 12.7. The van der Waals surface area contributed by atoms with Crippen molar-refractivity contribution in [1.29, 1.82) is 0 Å². The Morgan fingerprint density at radius 2 is 1.79 bits per heavy atom. The molecule has 1 atom stereocenters. The molecule has 2 amide bonds. The van der Waals surface area contributed by atoms with E-state index in [1.54, 1.807) is 24.5 Å². The number of nitrogens with zero attached hydrogens (tertiary/aromatic N) is 3. The molecule has 9 nitrogen and oxygen atoms in total. The third-order valence-electron chi connectivity index (χ3n) is 6.14. The van der Waals surface area contributed by atoms with Crippen molar-refractivity contribution in [3.63, 3.8) is 0 Å². The number of hydrogen-bond donors (Lipinski definition) is 2. The predicted molar refractivity (Wildman–Crippen MR) is 127 cm³/mol. The van der Waals surface area contributed by atoms with Gasteiger partial charge in [-0.1, -0.05) is 17.7 Å². The van der Waals surface area contributed by atoms with E-state index < -0.39 is 22.0 Å². The first-order valence-electron chi connectivity index (χ1n) is 11.3. The van der Waals surface area contributed by atoms with E-state index in [1.807, 2.05) is 19.1 Å². The summed E-state index contributed by atoms with van der Waals surface area (Å²) >= 11 is 0. The van der Waals surface area contributed by atoms with Gasteiger partial charge in [-0.3, -0.25) is 23.8 Å². The molecule has 0 spiro atoms. The number of sulfonamides is 1. The maximum atomic E-state index is 13.2. The monoisotopic (exact) mass is 483 g/mol. The Morgan fingerprint density at radius 3 is 2.47 bits per heavy atom. The number of likely N-dealkylation sites (tertiary alicyclic amines) is 1. The number of piperidine rings is 1. The summed E-state index contributed by atoms with van der Waals surface area (Å²) in [7, 11) is -3.98. The average Bonchev–Trinajstić information content (AvgIpc) is 2.82. The highest BCUT2D eigenvalue weighted by atomic mass is 32.2. The Labute approximate surface area is 199 Å². The molecular formula is C24H29N5O4S. The van der Waals surface area contributed by atoms with Crippen LogP contribution in [-0.4, -0.2) is 59.6 Å². The van der Waals surface area contributed by atoms with E-state index in [9.17, 15) is 18.0 Å². The van der Waals surface area contributed by atoms with Crippen molar-refractivity contribution < 1.29 is 18.0 Å². The van der Waals surface area contributed by atoms with Gasteiger partial charge < -0.3 is 10.6 Å². The van der Waals surface area contributed by atoms with E-state index >= 15 is 0 Å². The lowest BCUT2D eigenvalue weighted by molar-refractivity contribution is -0.130. The van der Waals surface area contributed by atoms with E-state index in [0.717, 1.165) is 42.3 Å². The van der Waals surface area contributed by atoms with Crippen molar-refractivity contribution >= 4 is 21.8 Å². The highest BCUT2D eigenvalue weighted by Gasteiger charge is 2.37. The van der Waals surface area contributed by atoms with Crippen molar-refractivity contribution in [3.8, 4) is 0 Å². The van der Waals surface area contributed by atoms with Crippen LogP contribution in [0.3, 0.4) is 0 Å². The fourth-order valence-corrected chi connectivity index (χ4v) is 5.66. The summed E-state index contributed by atoms with van der Waals surface area (Å²) in [6, 6.07) is 9.23.